The van der Waals surface area contributed by atoms with E-state index in [0.717, 1.165) is 21.6 Å². The molecule has 0 aromatic heterocycles. The van der Waals surface area contributed by atoms with Gasteiger partial charge in [0.15, 0.2) is 0 Å². The van der Waals surface area contributed by atoms with Crippen LogP contribution in [0.2, 0.25) is 0 Å². The predicted molar refractivity (Wildman–Crippen MR) is 104 cm³/mol. The maximum absolute atomic E-state index is 13.1. The van der Waals surface area contributed by atoms with Crippen molar-refractivity contribution in [1.82, 2.24) is 10.2 Å². The number of alkyl halides is 3. The van der Waals surface area contributed by atoms with Crippen LogP contribution < -0.4 is 5.32 Å². The molecule has 1 amide bonds. The van der Waals surface area contributed by atoms with Crippen LogP contribution in [0.25, 0.3) is 11.1 Å². The Balaban J connectivity index is 0.00000240. The van der Waals surface area contributed by atoms with E-state index in [-0.39, 0.29) is 36.6 Å². The van der Waals surface area contributed by atoms with E-state index in [1.165, 1.54) is 12.1 Å². The number of halogens is 5. The smallest absolute Gasteiger partial charge is 0.331 e. The third kappa shape index (κ3) is 4.73. The van der Waals surface area contributed by atoms with Crippen LogP contribution in [0, 0.1) is 11.7 Å². The molecule has 8 heteroatoms. The lowest BCUT2D eigenvalue weighted by Gasteiger charge is -2.34. The maximum atomic E-state index is 13.1. The van der Waals surface area contributed by atoms with Gasteiger partial charge in [-0.3, -0.25) is 4.79 Å². The van der Waals surface area contributed by atoms with E-state index in [2.05, 4.69) is 5.32 Å². The number of carbonyl (C=O) groups is 1. The van der Waals surface area contributed by atoms with Gasteiger partial charge in [-0.25, -0.2) is 4.39 Å². The first-order valence-electron chi connectivity index (χ1n) is 9.27. The van der Waals surface area contributed by atoms with Gasteiger partial charge in [-0.1, -0.05) is 36.4 Å². The minimum atomic E-state index is -4.85. The van der Waals surface area contributed by atoms with Gasteiger partial charge in [0.1, 0.15) is 5.82 Å². The Labute approximate surface area is 172 Å². The predicted octanol–water partition coefficient (Wildman–Crippen LogP) is 4.38. The molecule has 2 unspecified atom stereocenters. The second kappa shape index (κ2) is 8.32. The zero-order valence-corrected chi connectivity index (χ0v) is 16.3. The van der Waals surface area contributed by atoms with Crippen molar-refractivity contribution in [2.75, 3.05) is 19.6 Å². The van der Waals surface area contributed by atoms with Crippen LogP contribution in [-0.2, 0) is 4.79 Å². The molecule has 0 radical (unpaired) electrons. The fraction of sp³-hybridized carbons (Fsp3) is 0.381. The van der Waals surface area contributed by atoms with E-state index in [4.69, 9.17) is 0 Å². The first-order valence-corrected chi connectivity index (χ1v) is 9.27. The van der Waals surface area contributed by atoms with Crippen LogP contribution in [0.4, 0.5) is 17.6 Å². The van der Waals surface area contributed by atoms with Crippen molar-refractivity contribution < 1.29 is 22.4 Å². The molecule has 1 saturated heterocycles. The van der Waals surface area contributed by atoms with Crippen molar-refractivity contribution in [2.24, 2.45) is 5.92 Å². The molecule has 3 nitrogen and oxygen atoms in total. The topological polar surface area (TPSA) is 32.3 Å². The van der Waals surface area contributed by atoms with Crippen LogP contribution in [0.3, 0.4) is 0 Å². The number of amides is 1. The summed E-state index contributed by atoms with van der Waals surface area (Å²) in [6, 6.07) is 13.2. The van der Waals surface area contributed by atoms with E-state index in [1.54, 1.807) is 12.1 Å². The maximum Gasteiger partial charge on any atom is 0.471 e. The average molecular weight is 429 g/mol. The summed E-state index contributed by atoms with van der Waals surface area (Å²) in [4.78, 5) is 12.9. The summed E-state index contributed by atoms with van der Waals surface area (Å²) in [6.45, 7) is 1.43. The summed E-state index contributed by atoms with van der Waals surface area (Å²) in [5.41, 5.74) is 2.69. The van der Waals surface area contributed by atoms with E-state index in [9.17, 15) is 22.4 Å². The second-order valence-corrected chi connectivity index (χ2v) is 7.52. The minimum absolute atomic E-state index is 0. The Morgan fingerprint density at radius 3 is 2.03 bits per heavy atom. The summed E-state index contributed by atoms with van der Waals surface area (Å²) in [5.74, 6) is -2.05. The SMILES string of the molecule is Cl.O=C(N(CC1CNC1)C1CC1c1ccc(-c2ccc(F)cc2)cc1)C(F)(F)F. The first kappa shape index (κ1) is 21.6. The highest BCUT2D eigenvalue weighted by Crippen LogP contribution is 2.46. The zero-order valence-electron chi connectivity index (χ0n) is 15.5. The number of hydrogen-bond acceptors (Lipinski definition) is 2. The van der Waals surface area contributed by atoms with Crippen molar-refractivity contribution in [3.05, 3.63) is 59.9 Å². The second-order valence-electron chi connectivity index (χ2n) is 7.52. The molecule has 2 aromatic rings. The fourth-order valence-corrected chi connectivity index (χ4v) is 3.74. The molecule has 2 atom stereocenters. The quantitative estimate of drug-likeness (QED) is 0.717. The van der Waals surface area contributed by atoms with Crippen molar-refractivity contribution in [3.63, 3.8) is 0 Å². The van der Waals surface area contributed by atoms with Crippen LogP contribution >= 0.6 is 12.4 Å². The third-order valence-electron chi connectivity index (χ3n) is 5.50. The molecule has 1 aliphatic heterocycles. The Kier molecular flexibility index (Phi) is 6.19. The lowest BCUT2D eigenvalue weighted by atomic mass is 10.0. The van der Waals surface area contributed by atoms with E-state index < -0.39 is 18.1 Å². The molecule has 0 spiro atoms. The highest BCUT2D eigenvalue weighted by Gasteiger charge is 2.52. The summed E-state index contributed by atoms with van der Waals surface area (Å²) in [5, 5.41) is 3.03. The molecule has 2 aliphatic rings. The number of carbonyl (C=O) groups excluding carboxylic acids is 1. The monoisotopic (exact) mass is 428 g/mol. The zero-order chi connectivity index (χ0) is 19.9. The van der Waals surface area contributed by atoms with Gasteiger partial charge in [0.05, 0.1) is 0 Å². The highest BCUT2D eigenvalue weighted by molar-refractivity contribution is 5.85. The van der Waals surface area contributed by atoms with Gasteiger partial charge >= 0.3 is 12.1 Å². The number of nitrogens with one attached hydrogen (secondary N) is 1. The van der Waals surface area contributed by atoms with Crippen molar-refractivity contribution in [3.8, 4) is 11.1 Å². The molecule has 1 heterocycles. The number of benzene rings is 2. The third-order valence-corrected chi connectivity index (χ3v) is 5.50. The van der Waals surface area contributed by atoms with Gasteiger partial charge < -0.3 is 10.2 Å². The van der Waals surface area contributed by atoms with E-state index >= 15 is 0 Å². The molecule has 1 N–H and O–H groups in total. The summed E-state index contributed by atoms with van der Waals surface area (Å²) < 4.78 is 52.1. The van der Waals surface area contributed by atoms with Gasteiger partial charge in [-0.15, -0.1) is 12.4 Å². The van der Waals surface area contributed by atoms with Crippen molar-refractivity contribution in [2.45, 2.75) is 24.6 Å². The van der Waals surface area contributed by atoms with Gasteiger partial charge in [0, 0.05) is 37.5 Å². The molecule has 1 saturated carbocycles. The van der Waals surface area contributed by atoms with Gasteiger partial charge in [0.2, 0.25) is 0 Å². The lowest BCUT2D eigenvalue weighted by molar-refractivity contribution is -0.187. The summed E-state index contributed by atoms with van der Waals surface area (Å²) >= 11 is 0. The Hall–Kier alpha value is -2.12. The molecule has 29 heavy (non-hydrogen) atoms. The highest BCUT2D eigenvalue weighted by atomic mass is 35.5. The number of hydrogen-bond donors (Lipinski definition) is 1. The summed E-state index contributed by atoms with van der Waals surface area (Å²) in [6.07, 6.45) is -4.31. The lowest BCUT2D eigenvalue weighted by Crippen LogP contribution is -2.52. The van der Waals surface area contributed by atoms with Crippen LogP contribution in [0.15, 0.2) is 48.5 Å². The Morgan fingerprint density at radius 2 is 1.55 bits per heavy atom. The normalized spacial score (nSPS) is 21.1. The van der Waals surface area contributed by atoms with Crippen LogP contribution in [-0.4, -0.2) is 42.7 Å². The van der Waals surface area contributed by atoms with E-state index in [1.807, 2.05) is 24.3 Å². The van der Waals surface area contributed by atoms with Gasteiger partial charge in [0.25, 0.3) is 0 Å². The average Bonchev–Trinajstić information content (AvgIpc) is 3.41. The fourth-order valence-electron chi connectivity index (χ4n) is 3.74. The Morgan fingerprint density at radius 1 is 1.00 bits per heavy atom. The van der Waals surface area contributed by atoms with E-state index in [0.29, 0.717) is 19.5 Å². The largest absolute Gasteiger partial charge is 0.471 e. The number of nitrogens with zero attached hydrogens (tertiary/aromatic N) is 1. The molecule has 2 fully saturated rings. The Bertz CT molecular complexity index is 850. The van der Waals surface area contributed by atoms with Crippen molar-refractivity contribution >= 4 is 18.3 Å². The molecule has 0 bridgehead atoms. The molecule has 2 aromatic carbocycles. The molecular formula is C21H21ClF4N2O. The van der Waals surface area contributed by atoms with Crippen molar-refractivity contribution in [1.29, 1.82) is 0 Å². The minimum Gasteiger partial charge on any atom is -0.331 e. The summed E-state index contributed by atoms with van der Waals surface area (Å²) in [7, 11) is 0. The van der Waals surface area contributed by atoms with Crippen LogP contribution in [0.5, 0.6) is 0 Å². The van der Waals surface area contributed by atoms with Gasteiger partial charge in [-0.2, -0.15) is 13.2 Å². The molecule has 4 rings (SSSR count). The number of rotatable bonds is 5. The molecule has 1 aliphatic carbocycles. The van der Waals surface area contributed by atoms with Gasteiger partial charge in [-0.05, 0) is 35.2 Å². The molecule has 156 valence electrons. The standard InChI is InChI=1S/C21H20F4N2O.ClH/c22-17-7-5-15(6-8-17)14-1-3-16(4-2-14)18-9-19(18)27(12-13-10-26-11-13)20(28)21(23,24)25;/h1-8,13,18-19,26H,9-12H2;1H. The first-order chi connectivity index (χ1) is 13.3. The van der Waals surface area contributed by atoms with Crippen LogP contribution in [0.1, 0.15) is 17.9 Å². The molecular weight excluding hydrogens is 408 g/mol.